The van der Waals surface area contributed by atoms with E-state index in [1.807, 2.05) is 0 Å². The first-order chi connectivity index (χ1) is 11.8. The summed E-state index contributed by atoms with van der Waals surface area (Å²) in [4.78, 5) is 31.6. The van der Waals surface area contributed by atoms with Gasteiger partial charge in [0.15, 0.2) is 0 Å². The zero-order valence-electron chi connectivity index (χ0n) is 15.9. The molecule has 146 valence electrons. The van der Waals surface area contributed by atoms with E-state index in [0.29, 0.717) is 6.61 Å². The van der Waals surface area contributed by atoms with Gasteiger partial charge in [0, 0.05) is 14.7 Å². The van der Waals surface area contributed by atoms with Crippen molar-refractivity contribution in [3.8, 4) is 0 Å². The van der Waals surface area contributed by atoms with Crippen molar-refractivity contribution in [2.45, 2.75) is 52.1 Å². The van der Waals surface area contributed by atoms with Gasteiger partial charge in [-0.3, -0.25) is 10.1 Å². The molecule has 0 saturated carbocycles. The molecule has 0 aliphatic carbocycles. The molecule has 0 aliphatic rings. The van der Waals surface area contributed by atoms with E-state index in [2.05, 4.69) is 29.6 Å². The molecule has 1 aromatic rings. The Labute approximate surface area is 158 Å². The maximum atomic E-state index is 12.5. The lowest BCUT2D eigenvalue weighted by Crippen LogP contribution is -2.39. The van der Waals surface area contributed by atoms with E-state index in [1.54, 1.807) is 20.8 Å². The highest BCUT2D eigenvalue weighted by Crippen LogP contribution is 2.32. The lowest BCUT2D eigenvalue weighted by Gasteiger charge is -2.26. The Kier molecular flexibility index (Phi) is 7.48. The van der Waals surface area contributed by atoms with Gasteiger partial charge >= 0.3 is 11.8 Å². The number of hydrogen-bond acceptors (Lipinski definition) is 7. The Bertz CT molecular complexity index is 660. The maximum absolute atomic E-state index is 12.5. The van der Waals surface area contributed by atoms with E-state index in [0.717, 1.165) is 17.3 Å². The summed E-state index contributed by atoms with van der Waals surface area (Å²) in [6, 6.07) is 0.877. The highest BCUT2D eigenvalue weighted by atomic mass is 35.5. The minimum Gasteiger partial charge on any atom is -0.443 e. The van der Waals surface area contributed by atoms with Gasteiger partial charge in [-0.25, -0.2) is 19.7 Å². The summed E-state index contributed by atoms with van der Waals surface area (Å²) >= 11 is 5.82. The van der Waals surface area contributed by atoms with Crippen LogP contribution in [0.3, 0.4) is 0 Å². The third kappa shape index (κ3) is 7.22. The van der Waals surface area contributed by atoms with Crippen LogP contribution in [0, 0.1) is 10.1 Å². The van der Waals surface area contributed by atoms with Crippen LogP contribution in [0.25, 0.3) is 0 Å². The summed E-state index contributed by atoms with van der Waals surface area (Å²) in [6.45, 7) is 11.8. The predicted molar refractivity (Wildman–Crippen MR) is 101 cm³/mol. The topological polar surface area (TPSA) is 108 Å². The van der Waals surface area contributed by atoms with Crippen molar-refractivity contribution in [3.05, 3.63) is 21.6 Å². The van der Waals surface area contributed by atoms with Gasteiger partial charge in [0.25, 0.3) is 0 Å². The molecule has 1 rings (SSSR count). The molecule has 0 bridgehead atoms. The fraction of sp³-hybridized carbons (Fsp3) is 0.667. The summed E-state index contributed by atoms with van der Waals surface area (Å²) in [7, 11) is -1.33. The quantitative estimate of drug-likeness (QED) is 0.168. The first kappa shape index (κ1) is 22.3. The van der Waals surface area contributed by atoms with Gasteiger partial charge < -0.3 is 9.47 Å². The smallest absolute Gasteiger partial charge is 0.418 e. The van der Waals surface area contributed by atoms with Crippen LogP contribution in [0.2, 0.25) is 30.8 Å². The Balaban J connectivity index is 3.11. The van der Waals surface area contributed by atoms with Crippen molar-refractivity contribution < 1.29 is 19.2 Å². The molecule has 9 nitrogen and oxygen atoms in total. The number of carbonyl (C=O) groups is 1. The van der Waals surface area contributed by atoms with Crippen molar-refractivity contribution in [2.24, 2.45) is 0 Å². The van der Waals surface area contributed by atoms with E-state index in [9.17, 15) is 14.9 Å². The molecule has 0 radical (unpaired) electrons. The molecular formula is C15H25ClN4O5Si. The SMILES string of the molecule is CC(C)(C)OC(=O)N(COCC[Si](C)(C)C)c1ncnc(Cl)c1[N+](=O)[O-]. The van der Waals surface area contributed by atoms with Gasteiger partial charge in [-0.05, 0) is 26.8 Å². The number of halogens is 1. The van der Waals surface area contributed by atoms with E-state index in [-0.39, 0.29) is 17.7 Å². The molecule has 0 aliphatic heterocycles. The first-order valence-electron chi connectivity index (χ1n) is 8.05. The monoisotopic (exact) mass is 404 g/mol. The number of anilines is 1. The number of nitro groups is 1. The zero-order chi connectivity index (χ0) is 20.1. The van der Waals surface area contributed by atoms with E-state index >= 15 is 0 Å². The maximum Gasteiger partial charge on any atom is 0.418 e. The van der Waals surface area contributed by atoms with E-state index in [4.69, 9.17) is 21.1 Å². The molecule has 1 heterocycles. The second-order valence-electron chi connectivity index (χ2n) is 7.85. The Morgan fingerprint density at radius 2 is 1.96 bits per heavy atom. The summed E-state index contributed by atoms with van der Waals surface area (Å²) in [5.74, 6) is -0.266. The van der Waals surface area contributed by atoms with E-state index in [1.165, 1.54) is 0 Å². The number of rotatable bonds is 7. The van der Waals surface area contributed by atoms with Gasteiger partial charge in [0.1, 0.15) is 18.7 Å². The molecule has 0 atom stereocenters. The van der Waals surface area contributed by atoms with Crippen molar-refractivity contribution in [1.82, 2.24) is 9.97 Å². The number of amides is 1. The minimum absolute atomic E-state index is 0.242. The molecule has 0 N–H and O–H groups in total. The molecule has 1 aromatic heterocycles. The predicted octanol–water partition coefficient (Wildman–Crippen LogP) is 4.09. The molecule has 0 spiro atoms. The van der Waals surface area contributed by atoms with Crippen LogP contribution in [0.15, 0.2) is 6.33 Å². The number of ether oxygens (including phenoxy) is 2. The highest BCUT2D eigenvalue weighted by molar-refractivity contribution is 6.76. The van der Waals surface area contributed by atoms with E-state index < -0.39 is 30.4 Å². The third-order valence-electron chi connectivity index (χ3n) is 3.03. The van der Waals surface area contributed by atoms with Crippen LogP contribution in [0.4, 0.5) is 16.3 Å². The minimum atomic E-state index is -1.33. The van der Waals surface area contributed by atoms with Crippen molar-refractivity contribution in [2.75, 3.05) is 18.2 Å². The zero-order valence-corrected chi connectivity index (χ0v) is 17.7. The Morgan fingerprint density at radius 1 is 1.35 bits per heavy atom. The van der Waals surface area contributed by atoms with Crippen molar-refractivity contribution in [1.29, 1.82) is 0 Å². The largest absolute Gasteiger partial charge is 0.443 e. The van der Waals surface area contributed by atoms with Crippen molar-refractivity contribution in [3.63, 3.8) is 0 Å². The molecule has 11 heteroatoms. The number of hydrogen-bond donors (Lipinski definition) is 0. The molecule has 0 unspecified atom stereocenters. The Morgan fingerprint density at radius 3 is 2.46 bits per heavy atom. The molecule has 26 heavy (non-hydrogen) atoms. The normalized spacial score (nSPS) is 12.0. The first-order valence-corrected chi connectivity index (χ1v) is 12.1. The van der Waals surface area contributed by atoms with Gasteiger partial charge in [0.2, 0.25) is 11.0 Å². The standard InChI is InChI=1S/C15H25ClN4O5Si/c1-15(2,3)25-14(21)19(10-24-7-8-26(4,5)6)13-11(20(22)23)12(16)17-9-18-13/h9H,7-8,10H2,1-6H3. The molecule has 0 fully saturated rings. The average molecular weight is 405 g/mol. The average Bonchev–Trinajstić information content (AvgIpc) is 2.43. The number of nitrogens with zero attached hydrogens (tertiary/aromatic N) is 4. The molecular weight excluding hydrogens is 380 g/mol. The number of carbonyl (C=O) groups excluding carboxylic acids is 1. The van der Waals surface area contributed by atoms with Crippen LogP contribution in [0.5, 0.6) is 0 Å². The van der Waals surface area contributed by atoms with Gasteiger partial charge in [-0.1, -0.05) is 31.2 Å². The number of aromatic nitrogens is 2. The van der Waals surface area contributed by atoms with Gasteiger partial charge in [0.05, 0.1) is 4.92 Å². The summed E-state index contributed by atoms with van der Waals surface area (Å²) in [5, 5.41) is 11.0. The van der Waals surface area contributed by atoms with Gasteiger partial charge in [-0.15, -0.1) is 0 Å². The van der Waals surface area contributed by atoms with Crippen LogP contribution in [-0.2, 0) is 9.47 Å². The lowest BCUT2D eigenvalue weighted by molar-refractivity contribution is -0.384. The van der Waals surface area contributed by atoms with Crippen molar-refractivity contribution >= 4 is 37.3 Å². The third-order valence-corrected chi connectivity index (χ3v) is 5.01. The second-order valence-corrected chi connectivity index (χ2v) is 13.8. The van der Waals surface area contributed by atoms with Gasteiger partial charge in [-0.2, -0.15) is 0 Å². The molecule has 1 amide bonds. The van der Waals surface area contributed by atoms with Crippen LogP contribution in [0.1, 0.15) is 20.8 Å². The highest BCUT2D eigenvalue weighted by Gasteiger charge is 2.32. The molecule has 0 saturated heterocycles. The fourth-order valence-corrected chi connectivity index (χ4v) is 2.71. The Hall–Kier alpha value is -1.78. The fourth-order valence-electron chi connectivity index (χ4n) is 1.75. The summed E-state index contributed by atoms with van der Waals surface area (Å²) in [6.07, 6.45) is 0.229. The van der Waals surface area contributed by atoms with Crippen LogP contribution in [-0.4, -0.2) is 48.0 Å². The van der Waals surface area contributed by atoms with Crippen LogP contribution >= 0.6 is 11.6 Å². The second kappa shape index (κ2) is 8.74. The summed E-state index contributed by atoms with van der Waals surface area (Å²) < 4.78 is 10.9. The lowest BCUT2D eigenvalue weighted by atomic mass is 10.2. The summed E-state index contributed by atoms with van der Waals surface area (Å²) in [5.41, 5.74) is -1.37. The van der Waals surface area contributed by atoms with Crippen LogP contribution < -0.4 is 4.90 Å². The molecule has 0 aromatic carbocycles.